The number of aryl methyl sites for hydroxylation is 1. The van der Waals surface area contributed by atoms with Gasteiger partial charge in [-0.1, -0.05) is 24.3 Å². The molecule has 0 aliphatic carbocycles. The van der Waals surface area contributed by atoms with Gasteiger partial charge in [0.1, 0.15) is 0 Å². The molecule has 1 amide bonds. The summed E-state index contributed by atoms with van der Waals surface area (Å²) in [5.41, 5.74) is 9.13. The van der Waals surface area contributed by atoms with E-state index >= 15 is 0 Å². The van der Waals surface area contributed by atoms with Gasteiger partial charge in [0, 0.05) is 18.0 Å². The third-order valence-electron chi connectivity index (χ3n) is 3.15. The number of benzene rings is 2. The van der Waals surface area contributed by atoms with Crippen molar-refractivity contribution in [3.05, 3.63) is 59.7 Å². The number of rotatable bonds is 6. The summed E-state index contributed by atoms with van der Waals surface area (Å²) in [7, 11) is 0. The van der Waals surface area contributed by atoms with E-state index in [0.29, 0.717) is 12.1 Å². The molecule has 4 heteroatoms. The fraction of sp³-hybridized carbons (Fsp3) is 0.235. The van der Waals surface area contributed by atoms with Gasteiger partial charge in [-0.25, -0.2) is 0 Å². The van der Waals surface area contributed by atoms with Crippen LogP contribution in [0.15, 0.2) is 48.5 Å². The molecule has 4 nitrogen and oxygen atoms in total. The summed E-state index contributed by atoms with van der Waals surface area (Å²) < 4.78 is 0. The molecule has 0 unspecified atom stereocenters. The van der Waals surface area contributed by atoms with Gasteiger partial charge < -0.3 is 16.2 Å². The van der Waals surface area contributed by atoms with Gasteiger partial charge in [-0.2, -0.15) is 0 Å². The number of carbonyl (C=O) groups excluding carboxylic acids is 1. The van der Waals surface area contributed by atoms with E-state index in [1.54, 1.807) is 12.1 Å². The van der Waals surface area contributed by atoms with Gasteiger partial charge in [-0.05, 0) is 48.2 Å². The molecule has 4 N–H and O–H groups in total. The zero-order valence-electron chi connectivity index (χ0n) is 11.9. The molecule has 0 aliphatic rings. The smallest absolute Gasteiger partial charge is 0.228 e. The van der Waals surface area contributed by atoms with Crippen LogP contribution in [0.4, 0.5) is 11.4 Å². The number of amides is 1. The van der Waals surface area contributed by atoms with Crippen molar-refractivity contribution in [2.45, 2.75) is 19.3 Å². The fourth-order valence-electron chi connectivity index (χ4n) is 2.18. The first-order chi connectivity index (χ1) is 10.2. The van der Waals surface area contributed by atoms with Gasteiger partial charge >= 0.3 is 0 Å². The first-order valence-corrected chi connectivity index (χ1v) is 7.01. The van der Waals surface area contributed by atoms with E-state index in [-0.39, 0.29) is 12.5 Å². The summed E-state index contributed by atoms with van der Waals surface area (Å²) in [5, 5.41) is 11.7. The Morgan fingerprint density at radius 1 is 1.10 bits per heavy atom. The van der Waals surface area contributed by atoms with E-state index in [2.05, 4.69) is 5.32 Å². The Bertz CT molecular complexity index is 611. The van der Waals surface area contributed by atoms with Crippen LogP contribution in [0.1, 0.15) is 17.5 Å². The number of hydrogen-bond acceptors (Lipinski definition) is 3. The minimum Gasteiger partial charge on any atom is -0.399 e. The van der Waals surface area contributed by atoms with Crippen molar-refractivity contribution in [3.8, 4) is 0 Å². The van der Waals surface area contributed by atoms with Crippen molar-refractivity contribution in [1.29, 1.82) is 0 Å². The van der Waals surface area contributed by atoms with Gasteiger partial charge in [0.05, 0.1) is 6.42 Å². The average Bonchev–Trinajstić information content (AvgIpc) is 2.45. The molecular formula is C17H20N2O2. The molecule has 0 heterocycles. The van der Waals surface area contributed by atoms with Crippen LogP contribution in [0.5, 0.6) is 0 Å². The fourth-order valence-corrected chi connectivity index (χ4v) is 2.18. The third-order valence-corrected chi connectivity index (χ3v) is 3.15. The van der Waals surface area contributed by atoms with E-state index in [4.69, 9.17) is 10.8 Å². The van der Waals surface area contributed by atoms with Gasteiger partial charge in [0.2, 0.25) is 5.91 Å². The molecule has 21 heavy (non-hydrogen) atoms. The average molecular weight is 284 g/mol. The first kappa shape index (κ1) is 15.1. The van der Waals surface area contributed by atoms with Crippen molar-refractivity contribution in [2.75, 3.05) is 17.7 Å². The predicted octanol–water partition coefficient (Wildman–Crippen LogP) is 2.37. The second-order valence-corrected chi connectivity index (χ2v) is 5.00. The molecule has 0 fully saturated rings. The molecule has 0 atom stereocenters. The summed E-state index contributed by atoms with van der Waals surface area (Å²) in [4.78, 5) is 12.0. The highest BCUT2D eigenvalue weighted by atomic mass is 16.2. The Hall–Kier alpha value is -2.33. The van der Waals surface area contributed by atoms with Gasteiger partial charge in [-0.15, -0.1) is 0 Å². The second kappa shape index (κ2) is 7.45. The minimum atomic E-state index is -0.0695. The summed E-state index contributed by atoms with van der Waals surface area (Å²) in [5.74, 6) is -0.0695. The Morgan fingerprint density at radius 3 is 2.62 bits per heavy atom. The molecule has 2 aromatic carbocycles. The van der Waals surface area contributed by atoms with Gasteiger partial charge in [-0.3, -0.25) is 4.79 Å². The molecular weight excluding hydrogens is 264 g/mol. The molecule has 110 valence electrons. The Labute approximate surface area is 124 Å². The lowest BCUT2D eigenvalue weighted by molar-refractivity contribution is -0.115. The van der Waals surface area contributed by atoms with Crippen LogP contribution in [0, 0.1) is 0 Å². The zero-order chi connectivity index (χ0) is 15.1. The zero-order valence-corrected chi connectivity index (χ0v) is 11.9. The summed E-state index contributed by atoms with van der Waals surface area (Å²) in [6.45, 7) is 0.173. The lowest BCUT2D eigenvalue weighted by Gasteiger charge is -2.08. The van der Waals surface area contributed by atoms with Crippen molar-refractivity contribution in [1.82, 2.24) is 0 Å². The Kier molecular flexibility index (Phi) is 5.35. The highest BCUT2D eigenvalue weighted by molar-refractivity contribution is 5.92. The number of nitrogen functional groups attached to an aromatic ring is 1. The van der Waals surface area contributed by atoms with E-state index in [1.165, 1.54) is 0 Å². The SMILES string of the molecule is Nc1cccc(CC(=O)Nc2cccc(CCCO)c2)c1. The van der Waals surface area contributed by atoms with Crippen LogP contribution in [0.3, 0.4) is 0 Å². The maximum Gasteiger partial charge on any atom is 0.228 e. The van der Waals surface area contributed by atoms with Crippen molar-refractivity contribution >= 4 is 17.3 Å². The van der Waals surface area contributed by atoms with Gasteiger partial charge in [0.25, 0.3) is 0 Å². The van der Waals surface area contributed by atoms with E-state index in [0.717, 1.165) is 29.7 Å². The van der Waals surface area contributed by atoms with Crippen molar-refractivity contribution in [3.63, 3.8) is 0 Å². The van der Waals surface area contributed by atoms with Crippen LogP contribution in [0.2, 0.25) is 0 Å². The van der Waals surface area contributed by atoms with Crippen LogP contribution in [0.25, 0.3) is 0 Å². The number of nitrogens with two attached hydrogens (primary N) is 1. The molecule has 0 bridgehead atoms. The van der Waals surface area contributed by atoms with E-state index in [1.807, 2.05) is 36.4 Å². The lowest BCUT2D eigenvalue weighted by atomic mass is 10.1. The molecule has 2 aromatic rings. The van der Waals surface area contributed by atoms with Crippen molar-refractivity contribution in [2.24, 2.45) is 0 Å². The third kappa shape index (κ3) is 4.93. The van der Waals surface area contributed by atoms with Gasteiger partial charge in [0.15, 0.2) is 0 Å². The molecule has 0 aromatic heterocycles. The number of nitrogens with one attached hydrogen (secondary N) is 1. The molecule has 0 saturated carbocycles. The normalized spacial score (nSPS) is 10.3. The van der Waals surface area contributed by atoms with Crippen LogP contribution in [-0.4, -0.2) is 17.6 Å². The van der Waals surface area contributed by atoms with Crippen molar-refractivity contribution < 1.29 is 9.90 Å². The largest absolute Gasteiger partial charge is 0.399 e. The topological polar surface area (TPSA) is 75.4 Å². The van der Waals surface area contributed by atoms with Crippen LogP contribution in [-0.2, 0) is 17.6 Å². The number of anilines is 2. The maximum atomic E-state index is 12.0. The Morgan fingerprint density at radius 2 is 1.86 bits per heavy atom. The summed E-state index contributed by atoms with van der Waals surface area (Å²) >= 11 is 0. The minimum absolute atomic E-state index is 0.0695. The highest BCUT2D eigenvalue weighted by Gasteiger charge is 2.05. The first-order valence-electron chi connectivity index (χ1n) is 7.01. The Balaban J connectivity index is 1.96. The monoisotopic (exact) mass is 284 g/mol. The number of carbonyl (C=O) groups is 1. The number of aliphatic hydroxyl groups excluding tert-OH is 1. The molecule has 0 radical (unpaired) electrons. The predicted molar refractivity (Wildman–Crippen MR) is 85.0 cm³/mol. The van der Waals surface area contributed by atoms with E-state index < -0.39 is 0 Å². The van der Waals surface area contributed by atoms with Crippen LogP contribution >= 0.6 is 0 Å². The quantitative estimate of drug-likeness (QED) is 0.713. The standard InChI is InChI=1S/C17H20N2O2/c18-15-7-1-5-14(10-15)12-17(21)19-16-8-2-4-13(11-16)6-3-9-20/h1-2,4-5,7-8,10-11,20H,3,6,9,12,18H2,(H,19,21). The number of hydrogen-bond donors (Lipinski definition) is 3. The number of aliphatic hydroxyl groups is 1. The maximum absolute atomic E-state index is 12.0. The molecule has 0 spiro atoms. The molecule has 2 rings (SSSR count). The molecule has 0 aliphatic heterocycles. The molecule has 0 saturated heterocycles. The highest BCUT2D eigenvalue weighted by Crippen LogP contribution is 2.13. The summed E-state index contributed by atoms with van der Waals surface area (Å²) in [6.07, 6.45) is 1.82. The van der Waals surface area contributed by atoms with Crippen LogP contribution < -0.4 is 11.1 Å². The second-order valence-electron chi connectivity index (χ2n) is 5.00. The van der Waals surface area contributed by atoms with E-state index in [9.17, 15) is 4.79 Å². The lowest BCUT2D eigenvalue weighted by Crippen LogP contribution is -2.14. The summed E-state index contributed by atoms with van der Waals surface area (Å²) in [6, 6.07) is 15.0.